The molecule has 1 aliphatic heterocycles. The summed E-state index contributed by atoms with van der Waals surface area (Å²) in [5.74, 6) is -0.0490. The third-order valence-corrected chi connectivity index (χ3v) is 3.65. The molecule has 1 unspecified atom stereocenters. The van der Waals surface area contributed by atoms with Gasteiger partial charge in [0.2, 0.25) is 0 Å². The first-order valence-corrected chi connectivity index (χ1v) is 7.28. The van der Waals surface area contributed by atoms with Crippen molar-refractivity contribution in [3.8, 4) is 0 Å². The topological polar surface area (TPSA) is 48.5 Å². The number of pyridine rings is 1. The molecular formula is C15H24N4O. The third-order valence-electron chi connectivity index (χ3n) is 3.65. The second kappa shape index (κ2) is 6.70. The van der Waals surface area contributed by atoms with E-state index in [1.54, 1.807) is 25.2 Å². The van der Waals surface area contributed by atoms with Crippen molar-refractivity contribution >= 4 is 11.6 Å². The molecule has 0 spiro atoms. The number of hydrogen-bond donors (Lipinski definition) is 1. The summed E-state index contributed by atoms with van der Waals surface area (Å²) in [6, 6.07) is 4.42. The molecule has 1 N–H and O–H groups in total. The van der Waals surface area contributed by atoms with E-state index in [4.69, 9.17) is 0 Å². The lowest BCUT2D eigenvalue weighted by atomic mass is 10.0. The van der Waals surface area contributed by atoms with E-state index in [-0.39, 0.29) is 5.91 Å². The minimum atomic E-state index is -0.0490. The zero-order valence-corrected chi connectivity index (χ0v) is 12.6. The van der Waals surface area contributed by atoms with Crippen LogP contribution in [0.1, 0.15) is 30.3 Å². The maximum atomic E-state index is 12.0. The lowest BCUT2D eigenvalue weighted by Gasteiger charge is -2.34. The fourth-order valence-corrected chi connectivity index (χ4v) is 2.63. The number of amides is 1. The zero-order chi connectivity index (χ0) is 14.5. The summed E-state index contributed by atoms with van der Waals surface area (Å²) in [6.45, 7) is 5.17. The normalized spacial score (nSPS) is 18.9. The number of carbonyl (C=O) groups excluding carboxylic acids is 1. The maximum Gasteiger partial charge on any atom is 0.272 e. The quantitative estimate of drug-likeness (QED) is 0.902. The second-order valence-electron chi connectivity index (χ2n) is 5.44. The van der Waals surface area contributed by atoms with Gasteiger partial charge >= 0.3 is 0 Å². The Morgan fingerprint density at radius 3 is 3.05 bits per heavy atom. The van der Waals surface area contributed by atoms with Crippen LogP contribution in [-0.4, -0.2) is 55.6 Å². The Morgan fingerprint density at radius 2 is 2.35 bits per heavy atom. The first kappa shape index (κ1) is 14.8. The van der Waals surface area contributed by atoms with Crippen molar-refractivity contribution < 1.29 is 4.79 Å². The van der Waals surface area contributed by atoms with Gasteiger partial charge in [-0.1, -0.05) is 6.92 Å². The van der Waals surface area contributed by atoms with Crippen molar-refractivity contribution in [2.45, 2.75) is 25.8 Å². The Kier molecular flexibility index (Phi) is 4.95. The molecule has 0 radical (unpaired) electrons. The average Bonchev–Trinajstić information content (AvgIpc) is 2.47. The number of carbonyl (C=O) groups is 1. The third kappa shape index (κ3) is 3.48. The van der Waals surface area contributed by atoms with Crippen LogP contribution in [0.3, 0.4) is 0 Å². The summed E-state index contributed by atoms with van der Waals surface area (Å²) in [7, 11) is 3.50. The average molecular weight is 276 g/mol. The van der Waals surface area contributed by atoms with Gasteiger partial charge in [-0.2, -0.15) is 0 Å². The van der Waals surface area contributed by atoms with E-state index < -0.39 is 0 Å². The van der Waals surface area contributed by atoms with Gasteiger partial charge in [0.05, 0.1) is 0 Å². The molecule has 2 heterocycles. The second-order valence-corrected chi connectivity index (χ2v) is 5.44. The van der Waals surface area contributed by atoms with Gasteiger partial charge in [-0.15, -0.1) is 0 Å². The summed E-state index contributed by atoms with van der Waals surface area (Å²) in [5.41, 5.74) is 1.60. The molecule has 5 heteroatoms. The molecule has 1 aromatic heterocycles. The van der Waals surface area contributed by atoms with Crippen LogP contribution in [0.4, 0.5) is 5.69 Å². The highest BCUT2D eigenvalue weighted by molar-refractivity contribution is 5.92. The molecule has 2 rings (SSSR count). The van der Waals surface area contributed by atoms with E-state index in [0.717, 1.165) is 25.3 Å². The minimum Gasteiger partial charge on any atom is -0.370 e. The molecule has 20 heavy (non-hydrogen) atoms. The van der Waals surface area contributed by atoms with E-state index in [9.17, 15) is 4.79 Å². The lowest BCUT2D eigenvalue weighted by molar-refractivity contribution is 0.0822. The first-order valence-electron chi connectivity index (χ1n) is 7.28. The van der Waals surface area contributed by atoms with Gasteiger partial charge in [0.1, 0.15) is 5.69 Å². The Hall–Kier alpha value is -1.62. The molecular weight excluding hydrogens is 252 g/mol. The molecule has 1 fully saturated rings. The van der Waals surface area contributed by atoms with Crippen LogP contribution in [-0.2, 0) is 0 Å². The number of nitrogens with one attached hydrogen (secondary N) is 1. The Morgan fingerprint density at radius 1 is 1.55 bits per heavy atom. The summed E-state index contributed by atoms with van der Waals surface area (Å²) in [6.07, 6.45) is 4.12. The predicted molar refractivity (Wildman–Crippen MR) is 81.2 cm³/mol. The molecule has 5 nitrogen and oxygen atoms in total. The highest BCUT2D eigenvalue weighted by atomic mass is 16.2. The maximum absolute atomic E-state index is 12.0. The molecule has 1 aliphatic rings. The summed E-state index contributed by atoms with van der Waals surface area (Å²) < 4.78 is 0. The van der Waals surface area contributed by atoms with E-state index in [1.165, 1.54) is 12.8 Å². The van der Waals surface area contributed by atoms with Crippen LogP contribution in [0.2, 0.25) is 0 Å². The molecule has 1 aromatic rings. The molecule has 0 bridgehead atoms. The molecule has 1 saturated heterocycles. The summed E-state index contributed by atoms with van der Waals surface area (Å²) >= 11 is 0. The van der Waals surface area contributed by atoms with Crippen molar-refractivity contribution in [3.05, 3.63) is 24.0 Å². The smallest absolute Gasteiger partial charge is 0.272 e. The molecule has 110 valence electrons. The fraction of sp³-hybridized carbons (Fsp3) is 0.600. The number of likely N-dealkylation sites (N-methyl/N-ethyl adjacent to an activating group) is 1. The van der Waals surface area contributed by atoms with Crippen LogP contribution < -0.4 is 10.2 Å². The zero-order valence-electron chi connectivity index (χ0n) is 12.6. The molecule has 1 amide bonds. The Bertz CT molecular complexity index is 459. The summed E-state index contributed by atoms with van der Waals surface area (Å²) in [5, 5.41) is 3.51. The lowest BCUT2D eigenvalue weighted by Crippen LogP contribution is -2.45. The van der Waals surface area contributed by atoms with Gasteiger partial charge in [-0.25, -0.2) is 0 Å². The number of anilines is 1. The first-order chi connectivity index (χ1) is 9.61. The highest BCUT2D eigenvalue weighted by Crippen LogP contribution is 2.20. The van der Waals surface area contributed by atoms with Crippen molar-refractivity contribution in [2.75, 3.05) is 38.6 Å². The minimum absolute atomic E-state index is 0.0490. The molecule has 0 saturated carbocycles. The van der Waals surface area contributed by atoms with Crippen LogP contribution in [0.25, 0.3) is 0 Å². The van der Waals surface area contributed by atoms with Crippen LogP contribution in [0.15, 0.2) is 18.3 Å². The Balaban J connectivity index is 2.12. The number of nitrogens with zero attached hydrogens (tertiary/aromatic N) is 3. The number of aromatic nitrogens is 1. The van der Waals surface area contributed by atoms with E-state index in [2.05, 4.69) is 22.1 Å². The van der Waals surface area contributed by atoms with Gasteiger partial charge in [0.15, 0.2) is 0 Å². The van der Waals surface area contributed by atoms with Crippen molar-refractivity contribution in [2.24, 2.45) is 0 Å². The van der Waals surface area contributed by atoms with Crippen molar-refractivity contribution in [3.63, 3.8) is 0 Å². The largest absolute Gasteiger partial charge is 0.370 e. The standard InChI is InChI=1S/C15H24N4O/c1-4-16-12-6-5-9-19(11-12)13-7-8-17-14(10-13)15(20)18(2)3/h7-8,10,12,16H,4-6,9,11H2,1-3H3. The van der Waals surface area contributed by atoms with Gasteiger partial charge in [-0.05, 0) is 31.5 Å². The number of rotatable bonds is 4. The summed E-state index contributed by atoms with van der Waals surface area (Å²) in [4.78, 5) is 20.1. The van der Waals surface area contributed by atoms with E-state index in [0.29, 0.717) is 11.7 Å². The predicted octanol–water partition coefficient (Wildman–Crippen LogP) is 1.36. The monoisotopic (exact) mass is 276 g/mol. The van der Waals surface area contributed by atoms with Crippen LogP contribution >= 0.6 is 0 Å². The van der Waals surface area contributed by atoms with Gasteiger partial charge in [0, 0.05) is 45.1 Å². The van der Waals surface area contributed by atoms with E-state index >= 15 is 0 Å². The van der Waals surface area contributed by atoms with Gasteiger partial charge in [0.25, 0.3) is 5.91 Å². The van der Waals surface area contributed by atoms with Crippen LogP contribution in [0.5, 0.6) is 0 Å². The molecule has 0 aromatic carbocycles. The van der Waals surface area contributed by atoms with E-state index in [1.807, 2.05) is 12.1 Å². The van der Waals surface area contributed by atoms with Crippen molar-refractivity contribution in [1.82, 2.24) is 15.2 Å². The van der Waals surface area contributed by atoms with Gasteiger partial charge in [-0.3, -0.25) is 9.78 Å². The Labute approximate surface area is 121 Å². The van der Waals surface area contributed by atoms with Crippen LogP contribution in [0, 0.1) is 0 Å². The van der Waals surface area contributed by atoms with Crippen molar-refractivity contribution in [1.29, 1.82) is 0 Å². The van der Waals surface area contributed by atoms with Gasteiger partial charge < -0.3 is 15.1 Å². The molecule has 0 aliphatic carbocycles. The highest BCUT2D eigenvalue weighted by Gasteiger charge is 2.20. The number of piperidine rings is 1. The number of hydrogen-bond acceptors (Lipinski definition) is 4. The SMILES string of the molecule is CCNC1CCCN(c2ccnc(C(=O)N(C)C)c2)C1. The fourth-order valence-electron chi connectivity index (χ4n) is 2.63. The molecule has 1 atom stereocenters.